The third kappa shape index (κ3) is 5.82. The second-order valence-electron chi connectivity index (χ2n) is 5.37. The van der Waals surface area contributed by atoms with E-state index in [1.54, 1.807) is 24.3 Å². The Hall–Kier alpha value is -0.990. The highest BCUT2D eigenvalue weighted by molar-refractivity contribution is 7.88. The summed E-state index contributed by atoms with van der Waals surface area (Å²) < 4.78 is 27.0. The molecule has 0 saturated carbocycles. The summed E-state index contributed by atoms with van der Waals surface area (Å²) >= 11 is 7.49. The first-order valence-electron chi connectivity index (χ1n) is 7.80. The predicted molar refractivity (Wildman–Crippen MR) is 99.7 cm³/mol. The molecule has 0 spiro atoms. The number of hydrogen-bond acceptors (Lipinski definition) is 5. The van der Waals surface area contributed by atoms with E-state index >= 15 is 0 Å². The molecular weight excluding hydrogens is 366 g/mol. The quantitative estimate of drug-likeness (QED) is 0.717. The Morgan fingerprint density at radius 3 is 2.62 bits per heavy atom. The number of halogens is 1. The van der Waals surface area contributed by atoms with Crippen LogP contribution in [0.5, 0.6) is 0 Å². The number of hydrogen-bond donors (Lipinski definition) is 1. The Bertz CT molecular complexity index is 758. The molecule has 1 heterocycles. The van der Waals surface area contributed by atoms with Gasteiger partial charge in [0.1, 0.15) is 5.01 Å². The molecule has 0 amide bonds. The van der Waals surface area contributed by atoms with Gasteiger partial charge in [-0.15, -0.1) is 11.3 Å². The summed E-state index contributed by atoms with van der Waals surface area (Å²) in [6, 6.07) is 6.95. The SMILES string of the molecule is CCN(CC)Cc1csc(CNS(=O)(=O)Cc2ccccc2Cl)n1. The van der Waals surface area contributed by atoms with Crippen molar-refractivity contribution in [3.05, 3.63) is 50.9 Å². The highest BCUT2D eigenvalue weighted by Gasteiger charge is 2.14. The Kier molecular flexibility index (Phi) is 7.18. The minimum absolute atomic E-state index is 0.135. The van der Waals surface area contributed by atoms with Crippen LogP contribution in [0.15, 0.2) is 29.6 Å². The first-order chi connectivity index (χ1) is 11.4. The van der Waals surface area contributed by atoms with Crippen molar-refractivity contribution < 1.29 is 8.42 Å². The van der Waals surface area contributed by atoms with Gasteiger partial charge < -0.3 is 0 Å². The Morgan fingerprint density at radius 1 is 1.25 bits per heavy atom. The number of thiazole rings is 1. The van der Waals surface area contributed by atoms with E-state index in [-0.39, 0.29) is 12.3 Å². The van der Waals surface area contributed by atoms with Crippen molar-refractivity contribution in [3.8, 4) is 0 Å². The highest BCUT2D eigenvalue weighted by atomic mass is 35.5. The number of nitrogens with zero attached hydrogens (tertiary/aromatic N) is 2. The van der Waals surface area contributed by atoms with Crippen molar-refractivity contribution in [1.29, 1.82) is 0 Å². The van der Waals surface area contributed by atoms with Crippen LogP contribution in [0.1, 0.15) is 30.1 Å². The van der Waals surface area contributed by atoms with Crippen LogP contribution >= 0.6 is 22.9 Å². The first-order valence-corrected chi connectivity index (χ1v) is 10.7. The maximum absolute atomic E-state index is 12.2. The van der Waals surface area contributed by atoms with E-state index in [2.05, 4.69) is 28.5 Å². The normalized spacial score (nSPS) is 12.0. The lowest BCUT2D eigenvalue weighted by atomic mass is 10.2. The number of aromatic nitrogens is 1. The summed E-state index contributed by atoms with van der Waals surface area (Å²) in [7, 11) is -3.46. The molecule has 0 radical (unpaired) electrons. The van der Waals surface area contributed by atoms with Gasteiger partial charge in [-0.2, -0.15) is 0 Å². The number of rotatable bonds is 9. The molecule has 0 atom stereocenters. The van der Waals surface area contributed by atoms with Crippen molar-refractivity contribution in [1.82, 2.24) is 14.6 Å². The van der Waals surface area contributed by atoms with Gasteiger partial charge in [0.25, 0.3) is 0 Å². The van der Waals surface area contributed by atoms with Gasteiger partial charge in [0.2, 0.25) is 10.0 Å². The summed E-state index contributed by atoms with van der Waals surface area (Å²) in [6.07, 6.45) is 0. The van der Waals surface area contributed by atoms with Crippen molar-refractivity contribution in [2.75, 3.05) is 13.1 Å². The third-order valence-corrected chi connectivity index (χ3v) is 6.17. The summed E-state index contributed by atoms with van der Waals surface area (Å²) in [5.41, 5.74) is 1.57. The topological polar surface area (TPSA) is 62.3 Å². The van der Waals surface area contributed by atoms with Crippen molar-refractivity contribution in [3.63, 3.8) is 0 Å². The first kappa shape index (κ1) is 19.3. The van der Waals surface area contributed by atoms with E-state index in [9.17, 15) is 8.42 Å². The molecule has 2 rings (SSSR count). The van der Waals surface area contributed by atoms with Crippen LogP contribution in [0.25, 0.3) is 0 Å². The monoisotopic (exact) mass is 387 g/mol. The molecule has 132 valence electrons. The fourth-order valence-electron chi connectivity index (χ4n) is 2.22. The number of nitrogens with one attached hydrogen (secondary N) is 1. The average molecular weight is 388 g/mol. The van der Waals surface area contributed by atoms with Crippen molar-refractivity contribution in [2.45, 2.75) is 32.7 Å². The van der Waals surface area contributed by atoms with Gasteiger partial charge in [-0.3, -0.25) is 4.90 Å². The lowest BCUT2D eigenvalue weighted by molar-refractivity contribution is 0.292. The lowest BCUT2D eigenvalue weighted by Gasteiger charge is -2.15. The molecule has 0 unspecified atom stereocenters. The molecule has 2 aromatic rings. The zero-order valence-corrected chi connectivity index (χ0v) is 16.2. The summed E-state index contributed by atoms with van der Waals surface area (Å²) in [5, 5.41) is 3.20. The fraction of sp³-hybridized carbons (Fsp3) is 0.438. The van der Waals surface area contributed by atoms with Crippen molar-refractivity contribution >= 4 is 33.0 Å². The van der Waals surface area contributed by atoms with Crippen LogP contribution in [-0.2, 0) is 28.9 Å². The van der Waals surface area contributed by atoms with Crippen LogP contribution in [0, 0.1) is 0 Å². The zero-order valence-electron chi connectivity index (χ0n) is 13.8. The highest BCUT2D eigenvalue weighted by Crippen LogP contribution is 2.18. The second kappa shape index (κ2) is 8.92. The minimum atomic E-state index is -3.46. The van der Waals surface area contributed by atoms with Gasteiger partial charge in [0, 0.05) is 16.9 Å². The number of sulfonamides is 1. The van der Waals surface area contributed by atoms with E-state index in [0.29, 0.717) is 10.6 Å². The average Bonchev–Trinajstić information content (AvgIpc) is 3.00. The molecule has 5 nitrogen and oxygen atoms in total. The summed E-state index contributed by atoms with van der Waals surface area (Å²) in [4.78, 5) is 6.76. The zero-order chi connectivity index (χ0) is 17.6. The van der Waals surface area contributed by atoms with Gasteiger partial charge in [-0.25, -0.2) is 18.1 Å². The van der Waals surface area contributed by atoms with Crippen LogP contribution < -0.4 is 4.72 Å². The van der Waals surface area contributed by atoms with Gasteiger partial charge in [0.15, 0.2) is 0 Å². The molecule has 0 aliphatic rings. The van der Waals surface area contributed by atoms with Crippen LogP contribution in [0.2, 0.25) is 5.02 Å². The van der Waals surface area contributed by atoms with Gasteiger partial charge in [0.05, 0.1) is 18.0 Å². The molecule has 24 heavy (non-hydrogen) atoms. The molecule has 0 saturated heterocycles. The Morgan fingerprint density at radius 2 is 1.96 bits per heavy atom. The van der Waals surface area contributed by atoms with Crippen LogP contribution in [0.3, 0.4) is 0 Å². The lowest BCUT2D eigenvalue weighted by Crippen LogP contribution is -2.25. The smallest absolute Gasteiger partial charge is 0.216 e. The van der Waals surface area contributed by atoms with Crippen LogP contribution in [0.4, 0.5) is 0 Å². The Labute approximate surface area is 152 Å². The van der Waals surface area contributed by atoms with E-state index < -0.39 is 10.0 Å². The van der Waals surface area contributed by atoms with E-state index in [1.807, 2.05) is 5.38 Å². The third-order valence-electron chi connectivity index (χ3n) is 3.63. The predicted octanol–water partition coefficient (Wildman–Crippen LogP) is 3.26. The summed E-state index contributed by atoms with van der Waals surface area (Å²) in [6.45, 7) is 7.15. The molecule has 1 aromatic heterocycles. The standard InChI is InChI=1S/C16H22ClN3O2S2/c1-3-20(4-2)10-14-11-23-16(19-14)9-18-24(21,22)12-13-7-5-6-8-15(13)17/h5-8,11,18H,3-4,9-10,12H2,1-2H3. The second-order valence-corrected chi connectivity index (χ2v) is 8.52. The summed E-state index contributed by atoms with van der Waals surface area (Å²) in [5.74, 6) is -0.135. The molecule has 1 aromatic carbocycles. The molecule has 0 fully saturated rings. The molecule has 0 aliphatic heterocycles. The van der Waals surface area contributed by atoms with E-state index in [4.69, 9.17) is 11.6 Å². The Balaban J connectivity index is 1.93. The van der Waals surface area contributed by atoms with Crippen molar-refractivity contribution in [2.24, 2.45) is 0 Å². The van der Waals surface area contributed by atoms with Gasteiger partial charge in [-0.05, 0) is 24.7 Å². The maximum atomic E-state index is 12.2. The molecule has 0 aliphatic carbocycles. The fourth-order valence-corrected chi connectivity index (χ4v) is 4.44. The molecule has 8 heteroatoms. The molecule has 0 bridgehead atoms. The van der Waals surface area contributed by atoms with Gasteiger partial charge >= 0.3 is 0 Å². The maximum Gasteiger partial charge on any atom is 0.216 e. The van der Waals surface area contributed by atoms with E-state index in [0.717, 1.165) is 30.3 Å². The number of benzene rings is 1. The van der Waals surface area contributed by atoms with Crippen LogP contribution in [-0.4, -0.2) is 31.4 Å². The minimum Gasteiger partial charge on any atom is -0.298 e. The molecule has 1 N–H and O–H groups in total. The molecular formula is C16H22ClN3O2S2. The van der Waals surface area contributed by atoms with E-state index in [1.165, 1.54) is 11.3 Å². The largest absolute Gasteiger partial charge is 0.298 e. The van der Waals surface area contributed by atoms with Gasteiger partial charge in [-0.1, -0.05) is 43.6 Å².